The molecule has 1 rings (SSSR count). The molecular formula is C16H24N2O4S. The average Bonchev–Trinajstić information content (AvgIpc) is 2.45. The number of sulfonamides is 1. The zero-order valence-electron chi connectivity index (χ0n) is 14.0. The van der Waals surface area contributed by atoms with Crippen LogP contribution in [0, 0.1) is 0 Å². The summed E-state index contributed by atoms with van der Waals surface area (Å²) in [4.78, 5) is 12.2. The Morgan fingerprint density at radius 3 is 2.30 bits per heavy atom. The quantitative estimate of drug-likeness (QED) is 0.768. The van der Waals surface area contributed by atoms with Gasteiger partial charge in [0.2, 0.25) is 15.9 Å². The van der Waals surface area contributed by atoms with Crippen LogP contribution in [-0.2, 0) is 14.8 Å². The minimum atomic E-state index is -3.79. The van der Waals surface area contributed by atoms with Gasteiger partial charge in [0.05, 0.1) is 18.6 Å². The highest BCUT2D eigenvalue weighted by Crippen LogP contribution is 2.19. The summed E-state index contributed by atoms with van der Waals surface area (Å²) in [5.41, 5.74) is -0.430. The molecule has 1 N–H and O–H groups in total. The van der Waals surface area contributed by atoms with Gasteiger partial charge in [0.1, 0.15) is 5.75 Å². The highest BCUT2D eigenvalue weighted by atomic mass is 32.2. The van der Waals surface area contributed by atoms with Crippen molar-refractivity contribution in [2.75, 3.05) is 20.2 Å². The molecule has 0 aliphatic rings. The molecule has 0 spiro atoms. The van der Waals surface area contributed by atoms with Crippen LogP contribution in [0.2, 0.25) is 0 Å². The van der Waals surface area contributed by atoms with Crippen molar-refractivity contribution in [3.8, 4) is 5.75 Å². The lowest BCUT2D eigenvalue weighted by Gasteiger charge is -2.24. The molecule has 0 saturated heterocycles. The topological polar surface area (TPSA) is 75.7 Å². The van der Waals surface area contributed by atoms with Crippen molar-refractivity contribution in [2.24, 2.45) is 0 Å². The van der Waals surface area contributed by atoms with E-state index in [1.54, 1.807) is 12.1 Å². The second-order valence-electron chi connectivity index (χ2n) is 6.06. The molecule has 0 atom stereocenters. The highest BCUT2D eigenvalue weighted by Gasteiger charge is 2.27. The molecule has 0 aliphatic heterocycles. The number of nitrogens with zero attached hydrogens (tertiary/aromatic N) is 1. The summed E-state index contributed by atoms with van der Waals surface area (Å²) in [7, 11) is -2.29. The van der Waals surface area contributed by atoms with Gasteiger partial charge in [-0.15, -0.1) is 6.58 Å². The number of nitrogens with one attached hydrogen (secondary N) is 1. The number of amides is 1. The Bertz CT molecular complexity index is 646. The Morgan fingerprint density at radius 2 is 1.87 bits per heavy atom. The lowest BCUT2D eigenvalue weighted by Crippen LogP contribution is -2.47. The molecular weight excluding hydrogens is 316 g/mol. The third kappa shape index (κ3) is 5.69. The summed E-state index contributed by atoms with van der Waals surface area (Å²) in [5.74, 6) is 0.195. The summed E-state index contributed by atoms with van der Waals surface area (Å²) in [6.45, 7) is 8.84. The Kier molecular flexibility index (Phi) is 6.35. The van der Waals surface area contributed by atoms with Crippen molar-refractivity contribution in [2.45, 2.75) is 31.2 Å². The molecule has 0 unspecified atom stereocenters. The molecule has 0 aliphatic carbocycles. The summed E-state index contributed by atoms with van der Waals surface area (Å²) in [5, 5.41) is 2.75. The summed E-state index contributed by atoms with van der Waals surface area (Å²) in [6, 6.07) is 6.03. The van der Waals surface area contributed by atoms with Gasteiger partial charge in [-0.1, -0.05) is 6.08 Å². The lowest BCUT2D eigenvalue weighted by molar-refractivity contribution is -0.122. The van der Waals surface area contributed by atoms with E-state index in [4.69, 9.17) is 4.74 Å². The van der Waals surface area contributed by atoms with E-state index in [-0.39, 0.29) is 23.9 Å². The molecule has 7 heteroatoms. The largest absolute Gasteiger partial charge is 0.497 e. The van der Waals surface area contributed by atoms with Crippen LogP contribution in [-0.4, -0.2) is 44.4 Å². The Balaban J connectivity index is 3.01. The van der Waals surface area contributed by atoms with E-state index in [0.717, 1.165) is 4.31 Å². The number of ether oxygens (including phenoxy) is 1. The van der Waals surface area contributed by atoms with E-state index in [1.165, 1.54) is 25.3 Å². The molecule has 128 valence electrons. The number of carbonyl (C=O) groups excluding carboxylic acids is 1. The first-order valence-electron chi connectivity index (χ1n) is 7.16. The number of hydrogen-bond donors (Lipinski definition) is 1. The maximum Gasteiger partial charge on any atom is 0.243 e. The first-order valence-corrected chi connectivity index (χ1v) is 8.60. The minimum Gasteiger partial charge on any atom is -0.497 e. The van der Waals surface area contributed by atoms with Crippen molar-refractivity contribution < 1.29 is 17.9 Å². The molecule has 1 amide bonds. The molecule has 0 heterocycles. The second kappa shape index (κ2) is 7.61. The minimum absolute atomic E-state index is 0.0475. The number of benzene rings is 1. The van der Waals surface area contributed by atoms with Crippen LogP contribution < -0.4 is 10.1 Å². The van der Waals surface area contributed by atoms with E-state index in [1.807, 2.05) is 20.8 Å². The summed E-state index contributed by atoms with van der Waals surface area (Å²) in [6.07, 6.45) is 1.45. The van der Waals surface area contributed by atoms with Gasteiger partial charge in [0.25, 0.3) is 0 Å². The van der Waals surface area contributed by atoms with Gasteiger partial charge < -0.3 is 10.1 Å². The van der Waals surface area contributed by atoms with Crippen LogP contribution in [0.4, 0.5) is 0 Å². The Morgan fingerprint density at radius 1 is 1.30 bits per heavy atom. The number of hydrogen-bond acceptors (Lipinski definition) is 4. The number of rotatable bonds is 7. The maximum atomic E-state index is 12.7. The van der Waals surface area contributed by atoms with Gasteiger partial charge in [0, 0.05) is 12.1 Å². The van der Waals surface area contributed by atoms with E-state index >= 15 is 0 Å². The predicted molar refractivity (Wildman–Crippen MR) is 89.8 cm³/mol. The number of carbonyl (C=O) groups is 1. The predicted octanol–water partition coefficient (Wildman–Crippen LogP) is 1.79. The summed E-state index contributed by atoms with van der Waals surface area (Å²) < 4.78 is 31.5. The van der Waals surface area contributed by atoms with Crippen LogP contribution in [0.25, 0.3) is 0 Å². The molecule has 23 heavy (non-hydrogen) atoms. The molecule has 0 aromatic heterocycles. The maximum absolute atomic E-state index is 12.7. The van der Waals surface area contributed by atoms with Gasteiger partial charge in [-0.05, 0) is 45.0 Å². The number of methoxy groups -OCH3 is 1. The van der Waals surface area contributed by atoms with Crippen LogP contribution >= 0.6 is 0 Å². The van der Waals surface area contributed by atoms with E-state index in [0.29, 0.717) is 5.75 Å². The van der Waals surface area contributed by atoms with Crippen molar-refractivity contribution in [1.29, 1.82) is 0 Å². The van der Waals surface area contributed by atoms with Gasteiger partial charge in [-0.25, -0.2) is 8.42 Å². The average molecular weight is 340 g/mol. The van der Waals surface area contributed by atoms with Crippen molar-refractivity contribution in [3.05, 3.63) is 36.9 Å². The monoisotopic (exact) mass is 340 g/mol. The van der Waals surface area contributed by atoms with E-state index in [9.17, 15) is 13.2 Å². The Labute approximate surface area is 138 Å². The van der Waals surface area contributed by atoms with E-state index < -0.39 is 15.6 Å². The van der Waals surface area contributed by atoms with Gasteiger partial charge in [-0.3, -0.25) is 4.79 Å². The zero-order chi connectivity index (χ0) is 17.7. The van der Waals surface area contributed by atoms with E-state index in [2.05, 4.69) is 11.9 Å². The van der Waals surface area contributed by atoms with Gasteiger partial charge in [0.15, 0.2) is 0 Å². The smallest absolute Gasteiger partial charge is 0.243 e. The lowest BCUT2D eigenvalue weighted by atomic mass is 10.1. The fraction of sp³-hybridized carbons (Fsp3) is 0.438. The fourth-order valence-electron chi connectivity index (χ4n) is 1.91. The Hall–Kier alpha value is -1.86. The standard InChI is InChI=1S/C16H24N2O4S/c1-6-11-18(12-15(19)17-16(2,3)4)23(20,21)14-9-7-13(22-5)8-10-14/h6-10H,1,11-12H2,2-5H3,(H,17,19). The molecule has 0 radical (unpaired) electrons. The molecule has 6 nitrogen and oxygen atoms in total. The normalized spacial score (nSPS) is 12.0. The van der Waals surface area contributed by atoms with Crippen molar-refractivity contribution in [3.63, 3.8) is 0 Å². The molecule has 1 aromatic carbocycles. The fourth-order valence-corrected chi connectivity index (χ4v) is 3.27. The van der Waals surface area contributed by atoms with Gasteiger partial charge >= 0.3 is 0 Å². The first kappa shape index (κ1) is 19.2. The van der Waals surface area contributed by atoms with Crippen LogP contribution in [0.1, 0.15) is 20.8 Å². The molecule has 0 fully saturated rings. The van der Waals surface area contributed by atoms with Crippen LogP contribution in [0.5, 0.6) is 5.75 Å². The van der Waals surface area contributed by atoms with Crippen LogP contribution in [0.15, 0.2) is 41.8 Å². The first-order chi connectivity index (χ1) is 10.6. The molecule has 0 bridgehead atoms. The second-order valence-corrected chi connectivity index (χ2v) is 8.00. The van der Waals surface area contributed by atoms with Gasteiger partial charge in [-0.2, -0.15) is 4.31 Å². The third-order valence-corrected chi connectivity index (χ3v) is 4.69. The zero-order valence-corrected chi connectivity index (χ0v) is 14.8. The molecule has 1 aromatic rings. The third-order valence-electron chi connectivity index (χ3n) is 2.86. The highest BCUT2D eigenvalue weighted by molar-refractivity contribution is 7.89. The summed E-state index contributed by atoms with van der Waals surface area (Å²) >= 11 is 0. The SMILES string of the molecule is C=CCN(CC(=O)NC(C)(C)C)S(=O)(=O)c1ccc(OC)cc1. The van der Waals surface area contributed by atoms with Crippen molar-refractivity contribution in [1.82, 2.24) is 9.62 Å². The van der Waals surface area contributed by atoms with Crippen LogP contribution in [0.3, 0.4) is 0 Å². The molecule has 0 saturated carbocycles. The van der Waals surface area contributed by atoms with Crippen molar-refractivity contribution >= 4 is 15.9 Å².